The molecule has 37 heavy (non-hydrogen) atoms. The Morgan fingerprint density at radius 2 is 1.84 bits per heavy atom. The molecule has 202 valence electrons. The maximum atomic E-state index is 12.9. The van der Waals surface area contributed by atoms with Crippen molar-refractivity contribution in [2.75, 3.05) is 5.75 Å². The lowest BCUT2D eigenvalue weighted by atomic mass is 9.44. The van der Waals surface area contributed by atoms with E-state index in [1.807, 2.05) is 30.3 Å². The number of carbonyl (C=O) groups is 1. The highest BCUT2D eigenvalue weighted by molar-refractivity contribution is 8.49. The standard InChI is InChI=1S/C31H44NO3PS/c1-20(19-37-36-32-34)23-12-13-24-22-11-14-26-29(2,3)27(35-28(33)21-9-7-6-8-10-21)16-18-31(26,5)25(22)15-17-30(23,24)4/h6-10,14,20,22-25,27,36H,11-13,15-19H2,1-5H3/t20-,22?,23-,24?,25?,27+,30-,31-/m1/s1. The van der Waals surface area contributed by atoms with Gasteiger partial charge < -0.3 is 4.74 Å². The molecule has 9 atom stereocenters. The van der Waals surface area contributed by atoms with Gasteiger partial charge >= 0.3 is 5.97 Å². The van der Waals surface area contributed by atoms with Crippen molar-refractivity contribution in [3.63, 3.8) is 0 Å². The van der Waals surface area contributed by atoms with Gasteiger partial charge in [0.15, 0.2) is 0 Å². The quantitative estimate of drug-likeness (QED) is 0.114. The van der Waals surface area contributed by atoms with Crippen LogP contribution in [0.3, 0.4) is 0 Å². The number of rotatable bonds is 7. The van der Waals surface area contributed by atoms with E-state index in [-0.39, 0.29) is 30.8 Å². The summed E-state index contributed by atoms with van der Waals surface area (Å²) in [6.45, 7) is 12.2. The summed E-state index contributed by atoms with van der Waals surface area (Å²) in [7, 11) is 0.139. The van der Waals surface area contributed by atoms with E-state index < -0.39 is 0 Å². The second kappa shape index (κ2) is 10.4. The van der Waals surface area contributed by atoms with Crippen molar-refractivity contribution in [3.05, 3.63) is 52.5 Å². The van der Waals surface area contributed by atoms with Crippen LogP contribution in [0, 0.1) is 50.7 Å². The van der Waals surface area contributed by atoms with E-state index in [1.165, 1.54) is 32.1 Å². The first-order chi connectivity index (χ1) is 17.6. The summed E-state index contributed by atoms with van der Waals surface area (Å²) in [5.41, 5.74) is 2.64. The van der Waals surface area contributed by atoms with E-state index in [0.717, 1.165) is 42.3 Å². The van der Waals surface area contributed by atoms with E-state index in [4.69, 9.17) is 4.74 Å². The molecule has 4 aliphatic carbocycles. The summed E-state index contributed by atoms with van der Waals surface area (Å²) in [4.78, 5) is 26.6. The van der Waals surface area contributed by atoms with E-state index in [2.05, 4.69) is 45.6 Å². The van der Waals surface area contributed by atoms with Crippen LogP contribution in [-0.4, -0.2) is 17.8 Å². The van der Waals surface area contributed by atoms with Gasteiger partial charge in [-0.25, -0.2) is 4.79 Å². The molecule has 0 amide bonds. The smallest absolute Gasteiger partial charge is 0.338 e. The van der Waals surface area contributed by atoms with Gasteiger partial charge in [-0.05, 0) is 102 Å². The summed E-state index contributed by atoms with van der Waals surface area (Å²) in [5.74, 6) is 4.54. The van der Waals surface area contributed by atoms with Gasteiger partial charge in [0.05, 0.1) is 5.56 Å². The first kappa shape index (κ1) is 27.4. The van der Waals surface area contributed by atoms with Crippen LogP contribution < -0.4 is 0 Å². The fraction of sp³-hybridized carbons (Fsp3) is 0.710. The fourth-order valence-electron chi connectivity index (χ4n) is 9.64. The average Bonchev–Trinajstić information content (AvgIpc) is 3.24. The highest BCUT2D eigenvalue weighted by Crippen LogP contribution is 2.69. The molecule has 0 spiro atoms. The largest absolute Gasteiger partial charge is 0.458 e. The molecule has 0 heterocycles. The molecule has 6 heteroatoms. The Hall–Kier alpha value is -1.19. The second-order valence-electron chi connectivity index (χ2n) is 13.4. The van der Waals surface area contributed by atoms with Gasteiger partial charge in [-0.15, -0.1) is 16.3 Å². The van der Waals surface area contributed by atoms with Crippen LogP contribution in [0.4, 0.5) is 0 Å². The van der Waals surface area contributed by atoms with Crippen molar-refractivity contribution in [2.45, 2.75) is 85.7 Å². The van der Waals surface area contributed by atoms with Gasteiger partial charge in [0.2, 0.25) is 0 Å². The van der Waals surface area contributed by atoms with Crippen molar-refractivity contribution < 1.29 is 9.53 Å². The number of carbonyl (C=O) groups excluding carboxylic acids is 1. The van der Waals surface area contributed by atoms with Crippen molar-refractivity contribution in [3.8, 4) is 0 Å². The number of fused-ring (bicyclic) bond motifs is 5. The maximum Gasteiger partial charge on any atom is 0.338 e. The summed E-state index contributed by atoms with van der Waals surface area (Å²) in [6.07, 6.45) is 11.0. The number of hydrogen-bond donors (Lipinski definition) is 0. The molecule has 3 fully saturated rings. The molecule has 4 nitrogen and oxygen atoms in total. The highest BCUT2D eigenvalue weighted by Gasteiger charge is 2.61. The van der Waals surface area contributed by atoms with E-state index in [9.17, 15) is 9.70 Å². The Labute approximate surface area is 229 Å². The Balaban J connectivity index is 1.34. The number of ether oxygens (including phenoxy) is 1. The first-order valence-electron chi connectivity index (χ1n) is 14.3. The summed E-state index contributed by atoms with van der Waals surface area (Å²) < 4.78 is 6.18. The molecule has 1 aromatic rings. The van der Waals surface area contributed by atoms with Gasteiger partial charge in [-0.1, -0.05) is 64.5 Å². The van der Waals surface area contributed by atoms with Gasteiger partial charge in [0.25, 0.3) is 0 Å². The number of nitroso groups, excluding NO2 is 1. The van der Waals surface area contributed by atoms with Crippen molar-refractivity contribution >= 4 is 25.3 Å². The molecule has 0 radical (unpaired) electrons. The summed E-state index contributed by atoms with van der Waals surface area (Å²) in [5, 5.41) is 0. The molecule has 0 saturated heterocycles. The Kier molecular flexibility index (Phi) is 7.71. The summed E-state index contributed by atoms with van der Waals surface area (Å²) in [6, 6.07) is 9.43. The predicted molar refractivity (Wildman–Crippen MR) is 156 cm³/mol. The zero-order valence-corrected chi connectivity index (χ0v) is 25.0. The molecule has 4 unspecified atom stereocenters. The Morgan fingerprint density at radius 3 is 2.57 bits per heavy atom. The van der Waals surface area contributed by atoms with E-state index >= 15 is 0 Å². The minimum absolute atomic E-state index is 0.0827. The van der Waals surface area contributed by atoms with Crippen molar-refractivity contribution in [2.24, 2.45) is 50.8 Å². The molecular formula is C31H44NO3PS. The van der Waals surface area contributed by atoms with Crippen molar-refractivity contribution in [1.29, 1.82) is 0 Å². The second-order valence-corrected chi connectivity index (χ2v) is 15.8. The van der Waals surface area contributed by atoms with Gasteiger partial charge in [0.1, 0.15) is 14.0 Å². The molecule has 0 aromatic heterocycles. The van der Waals surface area contributed by atoms with E-state index in [1.54, 1.807) is 17.0 Å². The Bertz CT molecular complexity index is 1040. The normalized spacial score (nSPS) is 39.3. The molecule has 1 aromatic carbocycles. The zero-order valence-electron chi connectivity index (χ0n) is 23.2. The maximum absolute atomic E-state index is 12.9. The average molecular weight is 542 g/mol. The first-order valence-corrected chi connectivity index (χ1v) is 16.9. The molecule has 3 saturated carbocycles. The number of benzene rings is 1. The third kappa shape index (κ3) is 4.65. The van der Waals surface area contributed by atoms with Gasteiger partial charge in [0, 0.05) is 11.2 Å². The fourth-order valence-corrected chi connectivity index (χ4v) is 11.4. The third-order valence-corrected chi connectivity index (χ3v) is 13.4. The van der Waals surface area contributed by atoms with Crippen LogP contribution in [0.5, 0.6) is 0 Å². The topological polar surface area (TPSA) is 55.7 Å². The minimum Gasteiger partial charge on any atom is -0.458 e. The lowest BCUT2D eigenvalue weighted by Gasteiger charge is -2.61. The van der Waals surface area contributed by atoms with Crippen LogP contribution in [0.25, 0.3) is 0 Å². The van der Waals surface area contributed by atoms with Crippen LogP contribution in [0.15, 0.2) is 46.9 Å². The lowest BCUT2D eigenvalue weighted by molar-refractivity contribution is -0.0817. The number of esters is 1. The number of hydrogen-bond acceptors (Lipinski definition) is 5. The molecule has 5 rings (SSSR count). The number of allylic oxidation sites excluding steroid dienone is 1. The van der Waals surface area contributed by atoms with Crippen LogP contribution in [0.2, 0.25) is 0 Å². The molecular weight excluding hydrogens is 497 g/mol. The van der Waals surface area contributed by atoms with Crippen LogP contribution >= 0.6 is 19.3 Å². The zero-order chi connectivity index (χ0) is 26.4. The molecule has 0 bridgehead atoms. The van der Waals surface area contributed by atoms with Crippen LogP contribution in [-0.2, 0) is 4.74 Å². The van der Waals surface area contributed by atoms with Crippen LogP contribution in [0.1, 0.15) is 89.9 Å². The van der Waals surface area contributed by atoms with Crippen molar-refractivity contribution in [1.82, 2.24) is 0 Å². The summed E-state index contributed by atoms with van der Waals surface area (Å²) >= 11 is 1.73. The number of nitrogens with zero attached hydrogens (tertiary/aromatic N) is 1. The van der Waals surface area contributed by atoms with Gasteiger partial charge in [-0.3, -0.25) is 0 Å². The minimum atomic E-state index is -0.196. The monoisotopic (exact) mass is 541 g/mol. The molecule has 0 aliphatic heterocycles. The Morgan fingerprint density at radius 1 is 1.08 bits per heavy atom. The van der Waals surface area contributed by atoms with E-state index in [0.29, 0.717) is 16.9 Å². The lowest BCUT2D eigenvalue weighted by Crippen LogP contribution is -2.55. The predicted octanol–water partition coefficient (Wildman–Crippen LogP) is 9.07. The third-order valence-electron chi connectivity index (χ3n) is 11.4. The SMILES string of the molecule is C[C@H](CSPN=O)[C@H]1CCC2C3CC=C4C(C)(C)[C@@H](OC(=O)c5ccccc5)CC[C@]4(C)C3CC[C@@]21C. The highest BCUT2D eigenvalue weighted by atomic mass is 32.7. The molecule has 0 N–H and O–H groups in total. The van der Waals surface area contributed by atoms with Gasteiger partial charge in [-0.2, -0.15) is 0 Å². The molecule has 4 aliphatic rings.